The van der Waals surface area contributed by atoms with Gasteiger partial charge in [0.1, 0.15) is 0 Å². The Hall–Kier alpha value is -3.90. The zero-order valence-corrected chi connectivity index (χ0v) is 18.8. The van der Waals surface area contributed by atoms with Crippen LogP contribution in [0.15, 0.2) is 53.7 Å². The third-order valence-electron chi connectivity index (χ3n) is 5.34. The molecule has 1 heterocycles. The van der Waals surface area contributed by atoms with Gasteiger partial charge in [0.15, 0.2) is 0 Å². The number of hydrogen-bond donors (Lipinski definition) is 2. The summed E-state index contributed by atoms with van der Waals surface area (Å²) in [4.78, 5) is 36.6. The standard InChI is InChI=1S/C24H26N4O5/c1-4-20-16(3)24(33-27-20,23(30)31-5-2)26-21-9-7-6-8-19(21)22(29)28-32-15-18-12-10-17(14-25)11-13-18/h6-13,16,26H,4-5,15H2,1-3H3,(H,28,29). The van der Waals surface area contributed by atoms with Gasteiger partial charge in [0, 0.05) is 0 Å². The molecule has 0 spiro atoms. The number of nitrogens with zero attached hydrogens (tertiary/aromatic N) is 2. The second-order valence-corrected chi connectivity index (χ2v) is 7.40. The fraction of sp³-hybridized carbons (Fsp3) is 0.333. The van der Waals surface area contributed by atoms with E-state index in [-0.39, 0.29) is 18.8 Å². The summed E-state index contributed by atoms with van der Waals surface area (Å²) in [6, 6.07) is 15.6. The monoisotopic (exact) mass is 450 g/mol. The van der Waals surface area contributed by atoms with Crippen LogP contribution in [0, 0.1) is 17.2 Å². The lowest BCUT2D eigenvalue weighted by Crippen LogP contribution is -2.53. The summed E-state index contributed by atoms with van der Waals surface area (Å²) in [7, 11) is 0. The Bertz CT molecular complexity index is 1080. The Kier molecular flexibility index (Phi) is 7.64. The Morgan fingerprint density at radius 1 is 1.18 bits per heavy atom. The van der Waals surface area contributed by atoms with Gasteiger partial charge in [0.2, 0.25) is 0 Å². The number of carbonyl (C=O) groups is 2. The number of amides is 1. The van der Waals surface area contributed by atoms with Crippen LogP contribution < -0.4 is 10.8 Å². The van der Waals surface area contributed by atoms with Crippen molar-refractivity contribution in [3.8, 4) is 6.07 Å². The van der Waals surface area contributed by atoms with E-state index in [1.807, 2.05) is 19.9 Å². The first kappa shape index (κ1) is 23.8. The molecular formula is C24H26N4O5. The summed E-state index contributed by atoms with van der Waals surface area (Å²) < 4.78 is 5.25. The van der Waals surface area contributed by atoms with E-state index in [9.17, 15) is 9.59 Å². The highest BCUT2D eigenvalue weighted by Crippen LogP contribution is 2.35. The molecule has 1 aliphatic heterocycles. The van der Waals surface area contributed by atoms with Gasteiger partial charge in [-0.2, -0.15) is 5.26 Å². The third kappa shape index (κ3) is 5.13. The summed E-state index contributed by atoms with van der Waals surface area (Å²) in [6.45, 7) is 5.74. The smallest absolute Gasteiger partial charge is 0.375 e. The zero-order chi connectivity index (χ0) is 23.8. The average Bonchev–Trinajstić information content (AvgIpc) is 3.16. The maximum absolute atomic E-state index is 12.9. The first-order chi connectivity index (χ1) is 15.9. The van der Waals surface area contributed by atoms with Crippen LogP contribution in [0.5, 0.6) is 0 Å². The van der Waals surface area contributed by atoms with E-state index in [1.165, 1.54) is 0 Å². The molecule has 0 saturated heterocycles. The number of hydroxylamine groups is 1. The molecule has 3 rings (SSSR count). The zero-order valence-electron chi connectivity index (χ0n) is 18.8. The molecule has 0 aliphatic carbocycles. The molecule has 2 unspecified atom stereocenters. The van der Waals surface area contributed by atoms with Crippen molar-refractivity contribution < 1.29 is 24.0 Å². The number of rotatable bonds is 9. The summed E-state index contributed by atoms with van der Waals surface area (Å²) in [6.07, 6.45) is 0.606. The first-order valence-electron chi connectivity index (χ1n) is 10.7. The van der Waals surface area contributed by atoms with E-state index >= 15 is 0 Å². The van der Waals surface area contributed by atoms with Crippen molar-refractivity contribution >= 4 is 23.3 Å². The molecule has 2 atom stereocenters. The molecule has 1 amide bonds. The highest BCUT2D eigenvalue weighted by Gasteiger charge is 2.54. The minimum Gasteiger partial charge on any atom is -0.461 e. The van der Waals surface area contributed by atoms with E-state index in [4.69, 9.17) is 19.7 Å². The van der Waals surface area contributed by atoms with Crippen LogP contribution in [0.1, 0.15) is 48.7 Å². The number of anilines is 1. The Balaban J connectivity index is 1.74. The maximum atomic E-state index is 12.9. The lowest BCUT2D eigenvalue weighted by atomic mass is 9.91. The third-order valence-corrected chi connectivity index (χ3v) is 5.34. The van der Waals surface area contributed by atoms with Gasteiger partial charge < -0.3 is 14.9 Å². The summed E-state index contributed by atoms with van der Waals surface area (Å²) in [5, 5.41) is 16.0. The molecule has 9 heteroatoms. The van der Waals surface area contributed by atoms with Crippen LogP contribution >= 0.6 is 0 Å². The molecule has 9 nitrogen and oxygen atoms in total. The fourth-order valence-corrected chi connectivity index (χ4v) is 3.43. The number of oxime groups is 1. The number of nitriles is 1. The van der Waals surface area contributed by atoms with Gasteiger partial charge >= 0.3 is 11.7 Å². The molecule has 0 bridgehead atoms. The average molecular weight is 450 g/mol. The van der Waals surface area contributed by atoms with Gasteiger partial charge in [-0.05, 0) is 43.2 Å². The quantitative estimate of drug-likeness (QED) is 0.443. The number of esters is 1. The van der Waals surface area contributed by atoms with Crippen LogP contribution in [0.25, 0.3) is 0 Å². The van der Waals surface area contributed by atoms with Crippen LogP contribution in [-0.2, 0) is 25.8 Å². The minimum atomic E-state index is -1.58. The number of hydrogen-bond acceptors (Lipinski definition) is 8. The minimum absolute atomic E-state index is 0.119. The van der Waals surface area contributed by atoms with Crippen molar-refractivity contribution in [3.63, 3.8) is 0 Å². The molecule has 0 saturated carbocycles. The van der Waals surface area contributed by atoms with Crippen molar-refractivity contribution in [2.24, 2.45) is 11.1 Å². The number of para-hydroxylation sites is 1. The van der Waals surface area contributed by atoms with E-state index < -0.39 is 23.5 Å². The van der Waals surface area contributed by atoms with Gasteiger partial charge in [-0.1, -0.05) is 43.3 Å². The molecule has 2 aromatic rings. The normalized spacial score (nSPS) is 19.1. The van der Waals surface area contributed by atoms with Crippen LogP contribution in [0.2, 0.25) is 0 Å². The van der Waals surface area contributed by atoms with Gasteiger partial charge in [0.25, 0.3) is 5.91 Å². The second-order valence-electron chi connectivity index (χ2n) is 7.40. The number of benzene rings is 2. The van der Waals surface area contributed by atoms with E-state index in [1.54, 1.807) is 55.5 Å². The summed E-state index contributed by atoms with van der Waals surface area (Å²) in [5.41, 5.74) is 3.49. The summed E-state index contributed by atoms with van der Waals surface area (Å²) >= 11 is 0. The molecule has 2 aromatic carbocycles. The largest absolute Gasteiger partial charge is 0.461 e. The molecule has 0 radical (unpaired) electrons. The van der Waals surface area contributed by atoms with Crippen molar-refractivity contribution in [3.05, 3.63) is 65.2 Å². The van der Waals surface area contributed by atoms with Crippen LogP contribution in [0.4, 0.5) is 5.69 Å². The molecule has 0 fully saturated rings. The van der Waals surface area contributed by atoms with Crippen LogP contribution in [-0.4, -0.2) is 29.9 Å². The second kappa shape index (κ2) is 10.6. The van der Waals surface area contributed by atoms with Gasteiger partial charge in [-0.3, -0.25) is 9.63 Å². The molecule has 33 heavy (non-hydrogen) atoms. The lowest BCUT2D eigenvalue weighted by molar-refractivity contribution is -0.168. The number of nitrogens with one attached hydrogen (secondary N) is 2. The maximum Gasteiger partial charge on any atom is 0.375 e. The highest BCUT2D eigenvalue weighted by molar-refractivity contribution is 6.01. The molecule has 0 aromatic heterocycles. The SMILES string of the molecule is CCOC(=O)C1(Nc2ccccc2C(=O)NOCc2ccc(C#N)cc2)ON=C(CC)C1C. The number of carbonyl (C=O) groups excluding carboxylic acids is 2. The van der Waals surface area contributed by atoms with Gasteiger partial charge in [0.05, 0.1) is 47.7 Å². The van der Waals surface area contributed by atoms with Crippen molar-refractivity contribution in [1.82, 2.24) is 5.48 Å². The topological polar surface area (TPSA) is 122 Å². The highest BCUT2D eigenvalue weighted by atomic mass is 16.7. The van der Waals surface area contributed by atoms with Crippen molar-refractivity contribution in [2.45, 2.75) is 39.5 Å². The molecule has 172 valence electrons. The Morgan fingerprint density at radius 3 is 2.55 bits per heavy atom. The predicted octanol–water partition coefficient (Wildman–Crippen LogP) is 3.52. The van der Waals surface area contributed by atoms with E-state index in [0.29, 0.717) is 23.4 Å². The predicted molar refractivity (Wildman–Crippen MR) is 121 cm³/mol. The van der Waals surface area contributed by atoms with Crippen molar-refractivity contribution in [2.75, 3.05) is 11.9 Å². The molecular weight excluding hydrogens is 424 g/mol. The van der Waals surface area contributed by atoms with E-state index in [2.05, 4.69) is 16.0 Å². The Morgan fingerprint density at radius 2 is 1.91 bits per heavy atom. The Labute approximate surface area is 192 Å². The lowest BCUT2D eigenvalue weighted by Gasteiger charge is -2.31. The number of ether oxygens (including phenoxy) is 1. The van der Waals surface area contributed by atoms with Crippen molar-refractivity contribution in [1.29, 1.82) is 5.26 Å². The van der Waals surface area contributed by atoms with Crippen LogP contribution in [0.3, 0.4) is 0 Å². The molecule has 2 N–H and O–H groups in total. The van der Waals surface area contributed by atoms with Gasteiger partial charge in [-0.25, -0.2) is 10.3 Å². The molecule has 1 aliphatic rings. The first-order valence-corrected chi connectivity index (χ1v) is 10.7. The van der Waals surface area contributed by atoms with E-state index in [0.717, 1.165) is 5.56 Å². The summed E-state index contributed by atoms with van der Waals surface area (Å²) in [5.74, 6) is -1.53. The fourth-order valence-electron chi connectivity index (χ4n) is 3.43. The van der Waals surface area contributed by atoms with Gasteiger partial charge in [-0.15, -0.1) is 0 Å².